The van der Waals surface area contributed by atoms with Crippen LogP contribution in [0.4, 0.5) is 11.4 Å². The van der Waals surface area contributed by atoms with E-state index in [1.807, 2.05) is 56.7 Å². The molecule has 18 heavy (non-hydrogen) atoms. The number of rotatable bonds is 3. The van der Waals surface area contributed by atoms with Gasteiger partial charge in [-0.2, -0.15) is 0 Å². The number of nitrogens with zero attached hydrogens (tertiary/aromatic N) is 2. The largest absolute Gasteiger partial charge is 0.378 e. The monoisotopic (exact) mass is 302 g/mol. The Morgan fingerprint density at radius 3 is 2.39 bits per heavy atom. The summed E-state index contributed by atoms with van der Waals surface area (Å²) >= 11 is 3.45. The van der Waals surface area contributed by atoms with Gasteiger partial charge >= 0.3 is 0 Å². The molecule has 0 N–H and O–H groups in total. The van der Waals surface area contributed by atoms with E-state index in [1.54, 1.807) is 0 Å². The van der Waals surface area contributed by atoms with Crippen LogP contribution in [0.25, 0.3) is 0 Å². The lowest BCUT2D eigenvalue weighted by molar-refractivity contribution is 1.13. The van der Waals surface area contributed by atoms with E-state index in [1.165, 1.54) is 5.69 Å². The van der Waals surface area contributed by atoms with Crippen LogP contribution >= 0.6 is 15.9 Å². The molecule has 0 fully saturated rings. The highest BCUT2D eigenvalue weighted by atomic mass is 79.9. The molecule has 0 aromatic heterocycles. The molecule has 0 radical (unpaired) electrons. The quantitative estimate of drug-likeness (QED) is 0.773. The molecule has 0 aliphatic heterocycles. The number of benzene rings is 2. The molecule has 0 saturated heterocycles. The Morgan fingerprint density at radius 2 is 1.78 bits per heavy atom. The molecule has 0 heterocycles. The Morgan fingerprint density at radius 1 is 1.06 bits per heavy atom. The summed E-state index contributed by atoms with van der Waals surface area (Å²) < 4.78 is 1.06. The van der Waals surface area contributed by atoms with Crippen molar-refractivity contribution in [2.75, 3.05) is 19.0 Å². The molecule has 2 aromatic carbocycles. The minimum absolute atomic E-state index is 0.959. The zero-order valence-electron chi connectivity index (χ0n) is 10.5. The van der Waals surface area contributed by atoms with Gasteiger partial charge in [0.15, 0.2) is 0 Å². The van der Waals surface area contributed by atoms with Crippen LogP contribution < -0.4 is 4.90 Å². The summed E-state index contributed by atoms with van der Waals surface area (Å²) in [6.07, 6.45) is 1.87. The van der Waals surface area contributed by atoms with Crippen molar-refractivity contribution in [2.45, 2.75) is 0 Å². The standard InChI is InChI=1S/C15H15BrN2/c1-18(2)15-8-6-14(7-9-15)17-11-12-4-3-5-13(16)10-12/h3-11H,1-2H3. The number of halogens is 1. The number of anilines is 1. The van der Waals surface area contributed by atoms with Crippen molar-refractivity contribution in [3.05, 3.63) is 58.6 Å². The molecule has 0 atom stereocenters. The summed E-state index contributed by atoms with van der Waals surface area (Å²) in [6, 6.07) is 16.2. The summed E-state index contributed by atoms with van der Waals surface area (Å²) in [5.74, 6) is 0. The number of aliphatic imine (C=N–C) groups is 1. The van der Waals surface area contributed by atoms with Gasteiger partial charge in [-0.15, -0.1) is 0 Å². The van der Waals surface area contributed by atoms with Crippen LogP contribution in [0.5, 0.6) is 0 Å². The number of hydrogen-bond acceptors (Lipinski definition) is 2. The summed E-state index contributed by atoms with van der Waals surface area (Å²) in [5, 5.41) is 0. The Balaban J connectivity index is 2.14. The van der Waals surface area contributed by atoms with Crippen LogP contribution in [-0.2, 0) is 0 Å². The highest BCUT2D eigenvalue weighted by Gasteiger charge is 1.94. The second kappa shape index (κ2) is 5.83. The Bertz CT molecular complexity index is 545. The highest BCUT2D eigenvalue weighted by Crippen LogP contribution is 2.18. The topological polar surface area (TPSA) is 15.6 Å². The summed E-state index contributed by atoms with van der Waals surface area (Å²) in [5.41, 5.74) is 3.22. The fraction of sp³-hybridized carbons (Fsp3) is 0.133. The van der Waals surface area contributed by atoms with Gasteiger partial charge < -0.3 is 4.90 Å². The molecular weight excluding hydrogens is 288 g/mol. The first-order chi connectivity index (χ1) is 8.65. The smallest absolute Gasteiger partial charge is 0.0631 e. The lowest BCUT2D eigenvalue weighted by atomic mass is 10.2. The Labute approximate surface area is 116 Å². The molecule has 0 amide bonds. The summed E-state index contributed by atoms with van der Waals surface area (Å²) in [6.45, 7) is 0. The van der Waals surface area contributed by atoms with Crippen LogP contribution in [0, 0.1) is 0 Å². The van der Waals surface area contributed by atoms with Crippen molar-refractivity contribution in [2.24, 2.45) is 4.99 Å². The Hall–Kier alpha value is -1.61. The minimum atomic E-state index is 0.959. The first kappa shape index (κ1) is 12.8. The van der Waals surface area contributed by atoms with Crippen molar-refractivity contribution in [3.8, 4) is 0 Å². The van der Waals surface area contributed by atoms with Gasteiger partial charge in [0.25, 0.3) is 0 Å². The summed E-state index contributed by atoms with van der Waals surface area (Å²) in [7, 11) is 4.06. The maximum absolute atomic E-state index is 4.45. The van der Waals surface area contributed by atoms with Gasteiger partial charge in [-0.1, -0.05) is 28.1 Å². The first-order valence-corrected chi connectivity index (χ1v) is 6.51. The van der Waals surface area contributed by atoms with Gasteiger partial charge in [-0.3, -0.25) is 4.99 Å². The van der Waals surface area contributed by atoms with Crippen LogP contribution in [-0.4, -0.2) is 20.3 Å². The molecule has 92 valence electrons. The second-order valence-corrected chi connectivity index (χ2v) is 5.14. The first-order valence-electron chi connectivity index (χ1n) is 5.72. The third-order valence-corrected chi connectivity index (χ3v) is 3.07. The third kappa shape index (κ3) is 3.44. The third-order valence-electron chi connectivity index (χ3n) is 2.58. The van der Waals surface area contributed by atoms with Crippen LogP contribution in [0.1, 0.15) is 5.56 Å². The minimum Gasteiger partial charge on any atom is -0.378 e. The van der Waals surface area contributed by atoms with E-state index >= 15 is 0 Å². The van der Waals surface area contributed by atoms with Gasteiger partial charge in [0.1, 0.15) is 0 Å². The average molecular weight is 303 g/mol. The molecule has 0 aliphatic carbocycles. The normalized spacial score (nSPS) is 10.8. The zero-order valence-corrected chi connectivity index (χ0v) is 12.1. The van der Waals surface area contributed by atoms with Crippen molar-refractivity contribution in [3.63, 3.8) is 0 Å². The molecule has 2 nitrogen and oxygen atoms in total. The Kier molecular flexibility index (Phi) is 4.15. The van der Waals surface area contributed by atoms with Crippen molar-refractivity contribution in [1.29, 1.82) is 0 Å². The van der Waals surface area contributed by atoms with E-state index in [-0.39, 0.29) is 0 Å². The van der Waals surface area contributed by atoms with Crippen LogP contribution in [0.3, 0.4) is 0 Å². The fourth-order valence-electron chi connectivity index (χ4n) is 1.57. The average Bonchev–Trinajstić information content (AvgIpc) is 2.37. The highest BCUT2D eigenvalue weighted by molar-refractivity contribution is 9.10. The second-order valence-electron chi connectivity index (χ2n) is 4.22. The molecule has 0 bridgehead atoms. The van der Waals surface area contributed by atoms with Crippen LogP contribution in [0.2, 0.25) is 0 Å². The molecule has 0 aliphatic rings. The molecule has 3 heteroatoms. The summed E-state index contributed by atoms with van der Waals surface area (Å²) in [4.78, 5) is 6.52. The van der Waals surface area contributed by atoms with E-state index in [2.05, 4.69) is 38.0 Å². The van der Waals surface area contributed by atoms with E-state index in [4.69, 9.17) is 0 Å². The van der Waals surface area contributed by atoms with Crippen molar-refractivity contribution >= 4 is 33.5 Å². The van der Waals surface area contributed by atoms with Crippen molar-refractivity contribution in [1.82, 2.24) is 0 Å². The lowest BCUT2D eigenvalue weighted by Crippen LogP contribution is -2.07. The van der Waals surface area contributed by atoms with E-state index in [0.717, 1.165) is 15.7 Å². The van der Waals surface area contributed by atoms with Crippen LogP contribution in [0.15, 0.2) is 58.0 Å². The molecule has 0 spiro atoms. The molecule has 2 rings (SSSR count). The molecular formula is C15H15BrN2. The van der Waals surface area contributed by atoms with Crippen molar-refractivity contribution < 1.29 is 0 Å². The number of hydrogen-bond donors (Lipinski definition) is 0. The van der Waals surface area contributed by atoms with Gasteiger partial charge in [-0.05, 0) is 42.0 Å². The molecule has 0 saturated carbocycles. The van der Waals surface area contributed by atoms with Gasteiger partial charge in [0.2, 0.25) is 0 Å². The SMILES string of the molecule is CN(C)c1ccc(N=Cc2cccc(Br)c2)cc1. The predicted octanol–water partition coefficient (Wildman–Crippen LogP) is 4.27. The van der Waals surface area contributed by atoms with E-state index in [0.29, 0.717) is 0 Å². The van der Waals surface area contributed by atoms with E-state index in [9.17, 15) is 0 Å². The molecule has 0 unspecified atom stereocenters. The van der Waals surface area contributed by atoms with Gasteiger partial charge in [0.05, 0.1) is 5.69 Å². The van der Waals surface area contributed by atoms with Gasteiger partial charge in [-0.25, -0.2) is 0 Å². The zero-order chi connectivity index (χ0) is 13.0. The maximum atomic E-state index is 4.45. The maximum Gasteiger partial charge on any atom is 0.0631 e. The lowest BCUT2D eigenvalue weighted by Gasteiger charge is -2.11. The predicted molar refractivity (Wildman–Crippen MR) is 82.2 cm³/mol. The molecule has 2 aromatic rings. The fourth-order valence-corrected chi connectivity index (χ4v) is 1.99. The van der Waals surface area contributed by atoms with E-state index < -0.39 is 0 Å². The van der Waals surface area contributed by atoms with Gasteiger partial charge in [0, 0.05) is 30.5 Å².